The van der Waals surface area contributed by atoms with Crippen LogP contribution in [-0.2, 0) is 5.54 Å². The van der Waals surface area contributed by atoms with Crippen LogP contribution >= 0.6 is 11.6 Å². The average molecular weight is 196 g/mol. The molecule has 2 rings (SSSR count). The molecular formula is C11H14ClN. The number of benzene rings is 1. The molecule has 0 unspecified atom stereocenters. The van der Waals surface area contributed by atoms with Crippen molar-refractivity contribution in [2.24, 2.45) is 5.73 Å². The van der Waals surface area contributed by atoms with Gasteiger partial charge in [-0.1, -0.05) is 36.6 Å². The molecule has 2 heteroatoms. The van der Waals surface area contributed by atoms with Gasteiger partial charge in [0.05, 0.1) is 0 Å². The van der Waals surface area contributed by atoms with Crippen molar-refractivity contribution in [3.05, 3.63) is 34.9 Å². The first-order valence-electron chi connectivity index (χ1n) is 4.76. The lowest BCUT2D eigenvalue weighted by molar-refractivity contribution is 0.462. The standard InChI is InChI=1S/C11H14ClN/c12-10-5-3-4-9(8-10)11(13)6-1-2-7-11/h3-5,8H,1-2,6-7,13H2. The maximum absolute atomic E-state index is 6.29. The smallest absolute Gasteiger partial charge is 0.0410 e. The van der Waals surface area contributed by atoms with Gasteiger partial charge < -0.3 is 5.73 Å². The Morgan fingerprint density at radius 2 is 1.92 bits per heavy atom. The van der Waals surface area contributed by atoms with Crippen molar-refractivity contribution < 1.29 is 0 Å². The SMILES string of the molecule is NC1(c2cccc(Cl)c2)CCCC1. The van der Waals surface area contributed by atoms with E-state index < -0.39 is 0 Å². The van der Waals surface area contributed by atoms with Gasteiger partial charge in [0.2, 0.25) is 0 Å². The van der Waals surface area contributed by atoms with Crippen molar-refractivity contribution in [3.63, 3.8) is 0 Å². The van der Waals surface area contributed by atoms with E-state index in [1.807, 2.05) is 18.2 Å². The van der Waals surface area contributed by atoms with E-state index in [1.165, 1.54) is 18.4 Å². The summed E-state index contributed by atoms with van der Waals surface area (Å²) in [6, 6.07) is 7.94. The Hall–Kier alpha value is -0.530. The Morgan fingerprint density at radius 1 is 1.23 bits per heavy atom. The van der Waals surface area contributed by atoms with Crippen LogP contribution in [0.1, 0.15) is 31.2 Å². The first-order valence-corrected chi connectivity index (χ1v) is 5.13. The predicted octanol–water partition coefficient (Wildman–Crippen LogP) is 3.07. The normalized spacial score (nSPS) is 20.5. The minimum Gasteiger partial charge on any atom is -0.321 e. The molecular weight excluding hydrogens is 182 g/mol. The average Bonchev–Trinajstić information content (AvgIpc) is 2.54. The van der Waals surface area contributed by atoms with Crippen LogP contribution in [-0.4, -0.2) is 0 Å². The molecule has 1 aromatic carbocycles. The van der Waals surface area contributed by atoms with E-state index in [2.05, 4.69) is 6.07 Å². The summed E-state index contributed by atoms with van der Waals surface area (Å²) in [6.07, 6.45) is 4.66. The van der Waals surface area contributed by atoms with E-state index in [0.29, 0.717) is 0 Å². The molecule has 0 aliphatic heterocycles. The van der Waals surface area contributed by atoms with E-state index in [9.17, 15) is 0 Å². The van der Waals surface area contributed by atoms with Crippen molar-refractivity contribution in [3.8, 4) is 0 Å². The molecule has 0 spiro atoms. The van der Waals surface area contributed by atoms with Gasteiger partial charge >= 0.3 is 0 Å². The van der Waals surface area contributed by atoms with E-state index in [4.69, 9.17) is 17.3 Å². The molecule has 70 valence electrons. The third-order valence-corrected chi connectivity index (χ3v) is 3.13. The fourth-order valence-corrected chi connectivity index (χ4v) is 2.28. The highest BCUT2D eigenvalue weighted by Crippen LogP contribution is 2.36. The van der Waals surface area contributed by atoms with Gasteiger partial charge in [-0.15, -0.1) is 0 Å². The Morgan fingerprint density at radius 3 is 2.54 bits per heavy atom. The van der Waals surface area contributed by atoms with Crippen LogP contribution in [0.5, 0.6) is 0 Å². The van der Waals surface area contributed by atoms with Gasteiger partial charge in [-0.2, -0.15) is 0 Å². The minimum absolute atomic E-state index is 0.106. The lowest BCUT2D eigenvalue weighted by atomic mass is 9.90. The molecule has 13 heavy (non-hydrogen) atoms. The van der Waals surface area contributed by atoms with Crippen LogP contribution in [0.3, 0.4) is 0 Å². The molecule has 0 heterocycles. The van der Waals surface area contributed by atoms with Gasteiger partial charge in [0.1, 0.15) is 0 Å². The number of nitrogens with two attached hydrogens (primary N) is 1. The van der Waals surface area contributed by atoms with E-state index >= 15 is 0 Å². The second-order valence-electron chi connectivity index (χ2n) is 3.87. The molecule has 1 aliphatic rings. The summed E-state index contributed by atoms with van der Waals surface area (Å²) in [6.45, 7) is 0. The van der Waals surface area contributed by atoms with E-state index in [-0.39, 0.29) is 5.54 Å². The molecule has 0 bridgehead atoms. The number of hydrogen-bond acceptors (Lipinski definition) is 1. The number of halogens is 1. The second-order valence-corrected chi connectivity index (χ2v) is 4.31. The summed E-state index contributed by atoms with van der Waals surface area (Å²) in [4.78, 5) is 0. The van der Waals surface area contributed by atoms with Crippen LogP contribution in [0.4, 0.5) is 0 Å². The van der Waals surface area contributed by atoms with Gasteiger partial charge in [0.25, 0.3) is 0 Å². The van der Waals surface area contributed by atoms with Crippen molar-refractivity contribution >= 4 is 11.6 Å². The summed E-state index contributed by atoms with van der Waals surface area (Å²) < 4.78 is 0. The molecule has 2 N–H and O–H groups in total. The Bertz CT molecular complexity index is 303. The monoisotopic (exact) mass is 195 g/mol. The lowest BCUT2D eigenvalue weighted by Gasteiger charge is -2.24. The maximum Gasteiger partial charge on any atom is 0.0410 e. The number of rotatable bonds is 1. The fourth-order valence-electron chi connectivity index (χ4n) is 2.09. The lowest BCUT2D eigenvalue weighted by Crippen LogP contribution is -2.32. The topological polar surface area (TPSA) is 26.0 Å². The maximum atomic E-state index is 6.29. The molecule has 0 atom stereocenters. The van der Waals surface area contributed by atoms with Crippen LogP contribution in [0.15, 0.2) is 24.3 Å². The van der Waals surface area contributed by atoms with Gasteiger partial charge in [0, 0.05) is 10.6 Å². The molecule has 1 fully saturated rings. The van der Waals surface area contributed by atoms with Crippen molar-refractivity contribution in [2.45, 2.75) is 31.2 Å². The summed E-state index contributed by atoms with van der Waals surface area (Å²) in [5.74, 6) is 0. The Balaban J connectivity index is 2.33. The number of hydrogen-bond donors (Lipinski definition) is 1. The highest BCUT2D eigenvalue weighted by atomic mass is 35.5. The molecule has 1 aliphatic carbocycles. The highest BCUT2D eigenvalue weighted by molar-refractivity contribution is 6.30. The van der Waals surface area contributed by atoms with Crippen LogP contribution < -0.4 is 5.73 Å². The predicted molar refractivity (Wildman–Crippen MR) is 55.8 cm³/mol. The zero-order valence-corrected chi connectivity index (χ0v) is 8.35. The van der Waals surface area contributed by atoms with Gasteiger partial charge in [-0.05, 0) is 30.5 Å². The molecule has 0 amide bonds. The minimum atomic E-state index is -0.106. The molecule has 1 nitrogen and oxygen atoms in total. The van der Waals surface area contributed by atoms with Crippen LogP contribution in [0.2, 0.25) is 5.02 Å². The Labute approximate surface area is 83.9 Å². The highest BCUT2D eigenvalue weighted by Gasteiger charge is 2.30. The quantitative estimate of drug-likeness (QED) is 0.733. The summed E-state index contributed by atoms with van der Waals surface area (Å²) in [5.41, 5.74) is 7.38. The first kappa shape index (κ1) is 9.04. The summed E-state index contributed by atoms with van der Waals surface area (Å²) in [7, 11) is 0. The summed E-state index contributed by atoms with van der Waals surface area (Å²) in [5, 5.41) is 0.786. The molecule has 0 saturated heterocycles. The molecule has 0 aromatic heterocycles. The van der Waals surface area contributed by atoms with Crippen LogP contribution in [0.25, 0.3) is 0 Å². The Kier molecular flexibility index (Phi) is 2.31. The van der Waals surface area contributed by atoms with E-state index in [0.717, 1.165) is 17.9 Å². The fraction of sp³-hybridized carbons (Fsp3) is 0.455. The van der Waals surface area contributed by atoms with Crippen molar-refractivity contribution in [1.29, 1.82) is 0 Å². The zero-order chi connectivity index (χ0) is 9.31. The summed E-state index contributed by atoms with van der Waals surface area (Å²) >= 11 is 5.93. The first-order chi connectivity index (χ1) is 6.21. The van der Waals surface area contributed by atoms with Gasteiger partial charge in [-0.25, -0.2) is 0 Å². The molecule has 0 radical (unpaired) electrons. The van der Waals surface area contributed by atoms with Crippen molar-refractivity contribution in [2.75, 3.05) is 0 Å². The second kappa shape index (κ2) is 3.32. The van der Waals surface area contributed by atoms with Gasteiger partial charge in [0.15, 0.2) is 0 Å². The van der Waals surface area contributed by atoms with E-state index in [1.54, 1.807) is 0 Å². The largest absolute Gasteiger partial charge is 0.321 e. The zero-order valence-electron chi connectivity index (χ0n) is 7.59. The van der Waals surface area contributed by atoms with Gasteiger partial charge in [-0.3, -0.25) is 0 Å². The third kappa shape index (κ3) is 1.72. The molecule has 1 saturated carbocycles. The van der Waals surface area contributed by atoms with Crippen LogP contribution in [0, 0.1) is 0 Å². The van der Waals surface area contributed by atoms with Crippen molar-refractivity contribution in [1.82, 2.24) is 0 Å². The molecule has 1 aromatic rings. The third-order valence-electron chi connectivity index (χ3n) is 2.90.